The second kappa shape index (κ2) is 8.99. The number of nitro benzene ring substituents is 1. The molecule has 0 spiro atoms. The lowest BCUT2D eigenvalue weighted by Gasteiger charge is -2.09. The lowest BCUT2D eigenvalue weighted by molar-refractivity contribution is -0.384. The van der Waals surface area contributed by atoms with Crippen LogP contribution in [0.5, 0.6) is 5.75 Å². The number of fused-ring (bicyclic) bond motifs is 1. The van der Waals surface area contributed by atoms with Gasteiger partial charge in [-0.25, -0.2) is 9.79 Å². The van der Waals surface area contributed by atoms with Crippen molar-refractivity contribution in [3.63, 3.8) is 0 Å². The van der Waals surface area contributed by atoms with Crippen LogP contribution in [0.2, 0.25) is 0 Å². The first-order valence-electron chi connectivity index (χ1n) is 10.5. The van der Waals surface area contributed by atoms with Gasteiger partial charge in [0.05, 0.1) is 4.92 Å². The SMILES string of the molecule is O=C1OC(c2ccc3ccccc3c2)=N/C1=C\c1ccccc1OCc1ccc([N+](=O)[O-])cc1. The summed E-state index contributed by atoms with van der Waals surface area (Å²) in [7, 11) is 0. The van der Waals surface area contributed by atoms with E-state index in [1.54, 1.807) is 24.3 Å². The van der Waals surface area contributed by atoms with Crippen LogP contribution in [0.25, 0.3) is 16.8 Å². The normalized spacial score (nSPS) is 14.2. The van der Waals surface area contributed by atoms with E-state index in [-0.39, 0.29) is 23.9 Å². The highest BCUT2D eigenvalue weighted by atomic mass is 16.6. The number of non-ortho nitro benzene ring substituents is 1. The first kappa shape index (κ1) is 21.1. The van der Waals surface area contributed by atoms with E-state index in [9.17, 15) is 14.9 Å². The molecular formula is C27H18N2O5. The third kappa shape index (κ3) is 4.40. The molecule has 166 valence electrons. The van der Waals surface area contributed by atoms with Gasteiger partial charge in [0.1, 0.15) is 12.4 Å². The van der Waals surface area contributed by atoms with Crippen molar-refractivity contribution in [2.45, 2.75) is 6.61 Å². The van der Waals surface area contributed by atoms with Gasteiger partial charge in [0.15, 0.2) is 5.70 Å². The smallest absolute Gasteiger partial charge is 0.363 e. The summed E-state index contributed by atoms with van der Waals surface area (Å²) in [6, 6.07) is 27.1. The third-order valence-electron chi connectivity index (χ3n) is 5.37. The Morgan fingerprint density at radius 2 is 1.65 bits per heavy atom. The highest BCUT2D eigenvalue weighted by molar-refractivity contribution is 6.13. The van der Waals surface area contributed by atoms with Crippen LogP contribution in [0.4, 0.5) is 5.69 Å². The molecule has 0 N–H and O–H groups in total. The monoisotopic (exact) mass is 450 g/mol. The lowest BCUT2D eigenvalue weighted by Crippen LogP contribution is -2.05. The van der Waals surface area contributed by atoms with E-state index in [4.69, 9.17) is 9.47 Å². The summed E-state index contributed by atoms with van der Waals surface area (Å²) in [5, 5.41) is 12.9. The summed E-state index contributed by atoms with van der Waals surface area (Å²) in [5.41, 5.74) is 2.37. The van der Waals surface area contributed by atoms with Crippen molar-refractivity contribution in [2.75, 3.05) is 0 Å². The number of aliphatic imine (C=N–C) groups is 1. The minimum Gasteiger partial charge on any atom is -0.488 e. The topological polar surface area (TPSA) is 91.0 Å². The van der Waals surface area contributed by atoms with Gasteiger partial charge in [0.2, 0.25) is 5.90 Å². The second-order valence-corrected chi connectivity index (χ2v) is 7.65. The van der Waals surface area contributed by atoms with Crippen molar-refractivity contribution >= 4 is 34.4 Å². The Balaban J connectivity index is 1.38. The van der Waals surface area contributed by atoms with Crippen LogP contribution in [0.1, 0.15) is 16.7 Å². The summed E-state index contributed by atoms with van der Waals surface area (Å²) >= 11 is 0. The quantitative estimate of drug-likeness (QED) is 0.163. The van der Waals surface area contributed by atoms with Crippen molar-refractivity contribution < 1.29 is 19.2 Å². The van der Waals surface area contributed by atoms with Crippen molar-refractivity contribution in [2.24, 2.45) is 4.99 Å². The van der Waals surface area contributed by atoms with Crippen LogP contribution in [0, 0.1) is 10.1 Å². The fourth-order valence-electron chi connectivity index (χ4n) is 3.61. The fourth-order valence-corrected chi connectivity index (χ4v) is 3.61. The molecule has 7 heteroatoms. The van der Waals surface area contributed by atoms with E-state index in [0.29, 0.717) is 11.3 Å². The van der Waals surface area contributed by atoms with E-state index >= 15 is 0 Å². The molecule has 4 aromatic carbocycles. The minimum atomic E-state index is -0.534. The number of para-hydroxylation sites is 1. The molecule has 34 heavy (non-hydrogen) atoms. The van der Waals surface area contributed by atoms with E-state index in [1.807, 2.05) is 60.7 Å². The Morgan fingerprint density at radius 3 is 2.44 bits per heavy atom. The van der Waals surface area contributed by atoms with Gasteiger partial charge in [0, 0.05) is 23.3 Å². The number of nitrogens with zero attached hydrogens (tertiary/aromatic N) is 2. The molecule has 1 heterocycles. The Kier molecular flexibility index (Phi) is 5.58. The molecule has 0 saturated heterocycles. The summed E-state index contributed by atoms with van der Waals surface area (Å²) in [6.45, 7) is 0.217. The number of carbonyl (C=O) groups excluding carboxylic acids is 1. The number of hydrogen-bond acceptors (Lipinski definition) is 6. The van der Waals surface area contributed by atoms with Crippen LogP contribution in [0.3, 0.4) is 0 Å². The summed E-state index contributed by atoms with van der Waals surface area (Å²) < 4.78 is 11.3. The van der Waals surface area contributed by atoms with Gasteiger partial charge in [-0.15, -0.1) is 0 Å². The summed E-state index contributed by atoms with van der Waals surface area (Å²) in [5.74, 6) is 0.273. The Bertz CT molecular complexity index is 1470. The van der Waals surface area contributed by atoms with Gasteiger partial charge < -0.3 is 9.47 Å². The molecule has 0 atom stereocenters. The van der Waals surface area contributed by atoms with Crippen LogP contribution < -0.4 is 4.74 Å². The first-order valence-corrected chi connectivity index (χ1v) is 10.5. The second-order valence-electron chi connectivity index (χ2n) is 7.65. The Morgan fingerprint density at radius 1 is 0.912 bits per heavy atom. The average molecular weight is 450 g/mol. The van der Waals surface area contributed by atoms with Crippen molar-refractivity contribution in [3.8, 4) is 5.75 Å². The fraction of sp³-hybridized carbons (Fsp3) is 0.0370. The summed E-state index contributed by atoms with van der Waals surface area (Å²) in [6.07, 6.45) is 1.63. The Hall–Kier alpha value is -4.78. The molecule has 0 amide bonds. The molecule has 0 aromatic heterocycles. The number of rotatable bonds is 6. The maximum Gasteiger partial charge on any atom is 0.363 e. The molecule has 1 aliphatic heterocycles. The zero-order valence-electron chi connectivity index (χ0n) is 17.9. The van der Waals surface area contributed by atoms with Crippen LogP contribution in [-0.2, 0) is 16.1 Å². The van der Waals surface area contributed by atoms with Crippen molar-refractivity contribution in [3.05, 3.63) is 123 Å². The van der Waals surface area contributed by atoms with E-state index in [2.05, 4.69) is 4.99 Å². The van der Waals surface area contributed by atoms with Gasteiger partial charge in [0.25, 0.3) is 5.69 Å². The number of nitro groups is 1. The Labute approximate surface area is 194 Å². The number of ether oxygens (including phenoxy) is 2. The maximum atomic E-state index is 12.5. The predicted molar refractivity (Wildman–Crippen MR) is 128 cm³/mol. The molecule has 0 fully saturated rings. The molecule has 4 aromatic rings. The molecule has 0 unspecified atom stereocenters. The number of cyclic esters (lactones) is 1. The molecule has 5 rings (SSSR count). The van der Waals surface area contributed by atoms with Gasteiger partial charge >= 0.3 is 5.97 Å². The average Bonchev–Trinajstić information content (AvgIpc) is 3.23. The molecular weight excluding hydrogens is 432 g/mol. The maximum absolute atomic E-state index is 12.5. The summed E-state index contributed by atoms with van der Waals surface area (Å²) in [4.78, 5) is 27.3. The van der Waals surface area contributed by atoms with Gasteiger partial charge in [-0.1, -0.05) is 48.5 Å². The van der Waals surface area contributed by atoms with Crippen LogP contribution >= 0.6 is 0 Å². The van der Waals surface area contributed by atoms with E-state index in [1.165, 1.54) is 12.1 Å². The molecule has 0 radical (unpaired) electrons. The molecule has 0 aliphatic carbocycles. The van der Waals surface area contributed by atoms with Gasteiger partial charge in [-0.3, -0.25) is 10.1 Å². The van der Waals surface area contributed by atoms with E-state index in [0.717, 1.165) is 21.9 Å². The minimum absolute atomic E-state index is 0.0220. The number of benzene rings is 4. The predicted octanol–water partition coefficient (Wildman–Crippen LogP) is 5.67. The van der Waals surface area contributed by atoms with E-state index < -0.39 is 10.9 Å². The lowest BCUT2D eigenvalue weighted by atomic mass is 10.1. The molecule has 7 nitrogen and oxygen atoms in total. The standard InChI is InChI=1S/C27H18N2O5/c30-27-24(28-26(34-27)22-12-11-19-5-1-2-6-20(19)15-22)16-21-7-3-4-8-25(21)33-17-18-9-13-23(14-10-18)29(31)32/h1-16H,17H2/b24-16-. The van der Waals surface area contributed by atoms with Crippen LogP contribution in [0.15, 0.2) is 102 Å². The number of esters is 1. The first-order chi connectivity index (χ1) is 16.6. The zero-order valence-corrected chi connectivity index (χ0v) is 17.9. The molecule has 1 aliphatic rings. The molecule has 0 bridgehead atoms. The largest absolute Gasteiger partial charge is 0.488 e. The highest BCUT2D eigenvalue weighted by Crippen LogP contribution is 2.26. The van der Waals surface area contributed by atoms with Gasteiger partial charge in [-0.05, 0) is 52.7 Å². The highest BCUT2D eigenvalue weighted by Gasteiger charge is 2.24. The third-order valence-corrected chi connectivity index (χ3v) is 5.37. The number of hydrogen-bond donors (Lipinski definition) is 0. The zero-order chi connectivity index (χ0) is 23.5. The van der Waals surface area contributed by atoms with Crippen molar-refractivity contribution in [1.82, 2.24) is 0 Å². The van der Waals surface area contributed by atoms with Crippen molar-refractivity contribution in [1.29, 1.82) is 0 Å². The van der Waals surface area contributed by atoms with Crippen LogP contribution in [-0.4, -0.2) is 16.8 Å². The number of carbonyl (C=O) groups is 1. The van der Waals surface area contributed by atoms with Gasteiger partial charge in [-0.2, -0.15) is 0 Å². The molecule has 0 saturated carbocycles.